The van der Waals surface area contributed by atoms with Crippen molar-refractivity contribution in [2.45, 2.75) is 31.8 Å². The molecule has 1 aromatic carbocycles. The Balaban J connectivity index is 1.60. The van der Waals surface area contributed by atoms with E-state index in [2.05, 4.69) is 15.4 Å². The van der Waals surface area contributed by atoms with Crippen molar-refractivity contribution in [3.05, 3.63) is 71.0 Å². The van der Waals surface area contributed by atoms with Gasteiger partial charge in [0.15, 0.2) is 5.82 Å². The van der Waals surface area contributed by atoms with Crippen LogP contribution < -0.4 is 16.0 Å². The number of nitrogen functional groups attached to an aromatic ring is 1. The summed E-state index contributed by atoms with van der Waals surface area (Å²) >= 11 is 6.12. The van der Waals surface area contributed by atoms with E-state index >= 15 is 0 Å². The summed E-state index contributed by atoms with van der Waals surface area (Å²) in [5, 5.41) is 7.71. The van der Waals surface area contributed by atoms with E-state index in [-0.39, 0.29) is 12.5 Å². The zero-order chi connectivity index (χ0) is 26.0. The van der Waals surface area contributed by atoms with Crippen LogP contribution >= 0.6 is 11.6 Å². The molecule has 0 radical (unpaired) electrons. The van der Waals surface area contributed by atoms with Crippen LogP contribution in [0.1, 0.15) is 30.5 Å². The number of likely N-dealkylation sites (N-methyl/N-ethyl adjacent to an activating group) is 1. The smallest absolute Gasteiger partial charge is 0.325 e. The van der Waals surface area contributed by atoms with Gasteiger partial charge < -0.3 is 11.1 Å². The van der Waals surface area contributed by atoms with Gasteiger partial charge in [0.1, 0.15) is 11.9 Å². The second kappa shape index (κ2) is 10.4. The molecule has 188 valence electrons. The van der Waals surface area contributed by atoms with E-state index in [1.165, 1.54) is 4.90 Å². The van der Waals surface area contributed by atoms with Crippen molar-refractivity contribution in [2.75, 3.05) is 17.7 Å². The summed E-state index contributed by atoms with van der Waals surface area (Å²) in [5.74, 6) is -0.848. The Bertz CT molecular complexity index is 1290. The Morgan fingerprint density at radius 3 is 2.67 bits per heavy atom. The molecule has 0 saturated carbocycles. The number of hydrogen-bond acceptors (Lipinski definition) is 6. The van der Waals surface area contributed by atoms with Crippen LogP contribution in [0.3, 0.4) is 0 Å². The number of anilines is 2. The first-order chi connectivity index (χ1) is 17.2. The number of benzene rings is 1. The summed E-state index contributed by atoms with van der Waals surface area (Å²) in [6, 6.07) is 10.2. The fourth-order valence-corrected chi connectivity index (χ4v) is 4.59. The van der Waals surface area contributed by atoms with Crippen LogP contribution in [0.5, 0.6) is 0 Å². The van der Waals surface area contributed by atoms with Gasteiger partial charge in [0, 0.05) is 37.6 Å². The lowest BCUT2D eigenvalue weighted by atomic mass is 9.81. The summed E-state index contributed by atoms with van der Waals surface area (Å²) < 4.78 is 1.57. The molecular weight excluding hydrogens is 482 g/mol. The van der Waals surface area contributed by atoms with E-state index in [1.807, 2.05) is 13.0 Å². The second-order valence-corrected chi connectivity index (χ2v) is 9.20. The zero-order valence-electron chi connectivity index (χ0n) is 20.3. The van der Waals surface area contributed by atoms with Crippen molar-refractivity contribution >= 4 is 41.1 Å². The highest BCUT2D eigenvalue weighted by atomic mass is 35.5. The quantitative estimate of drug-likeness (QED) is 0.471. The number of aryl methyl sites for hydroxylation is 1. The molecule has 3 N–H and O–H groups in total. The van der Waals surface area contributed by atoms with Crippen molar-refractivity contribution in [3.8, 4) is 0 Å². The molecular formula is C25H28ClN7O3. The predicted molar refractivity (Wildman–Crippen MR) is 136 cm³/mol. The molecule has 2 aromatic heterocycles. The molecule has 4 amide bonds. The number of carbonyl (C=O) groups is 3. The van der Waals surface area contributed by atoms with Crippen LogP contribution in [0.25, 0.3) is 0 Å². The lowest BCUT2D eigenvalue weighted by molar-refractivity contribution is -0.156. The molecule has 4 rings (SSSR count). The number of hydrogen-bond donors (Lipinski definition) is 2. The maximum absolute atomic E-state index is 13.6. The number of halogens is 1. The van der Waals surface area contributed by atoms with Crippen molar-refractivity contribution < 1.29 is 14.4 Å². The summed E-state index contributed by atoms with van der Waals surface area (Å²) in [4.78, 5) is 46.5. The number of pyridine rings is 1. The van der Waals surface area contributed by atoms with Crippen molar-refractivity contribution in [1.29, 1.82) is 0 Å². The van der Waals surface area contributed by atoms with Crippen LogP contribution in [-0.4, -0.2) is 50.6 Å². The highest BCUT2D eigenvalue weighted by Gasteiger charge is 2.55. The van der Waals surface area contributed by atoms with Crippen LogP contribution in [0.2, 0.25) is 5.02 Å². The van der Waals surface area contributed by atoms with E-state index in [0.717, 1.165) is 16.0 Å². The van der Waals surface area contributed by atoms with E-state index in [9.17, 15) is 14.4 Å². The number of β-lactam (4-membered cyclic amide) rings is 1. The Hall–Kier alpha value is -3.92. The summed E-state index contributed by atoms with van der Waals surface area (Å²) in [6.07, 6.45) is 4.07. The second-order valence-electron chi connectivity index (χ2n) is 8.76. The molecule has 11 heteroatoms. The van der Waals surface area contributed by atoms with Gasteiger partial charge in [-0.05, 0) is 48.2 Å². The SMILES string of the molecule is CCC(NC(=O)N1C(=O)[C@H](Cc2ccnc(N)c2)[C@H]1C(=O)N(C)c1ccn(C)n1)c1cccc(Cl)c1. The first-order valence-electron chi connectivity index (χ1n) is 11.6. The van der Waals surface area contributed by atoms with Crippen LogP contribution in [0.15, 0.2) is 54.9 Å². The number of nitrogens with two attached hydrogens (primary N) is 1. The maximum Gasteiger partial charge on any atom is 0.325 e. The average Bonchev–Trinajstić information content (AvgIpc) is 3.29. The number of imide groups is 1. The minimum absolute atomic E-state index is 0.243. The number of urea groups is 1. The van der Waals surface area contributed by atoms with Crippen molar-refractivity contribution in [3.63, 3.8) is 0 Å². The molecule has 10 nitrogen and oxygen atoms in total. The van der Waals surface area contributed by atoms with Crippen LogP contribution in [0.4, 0.5) is 16.4 Å². The van der Waals surface area contributed by atoms with Gasteiger partial charge >= 0.3 is 6.03 Å². The zero-order valence-corrected chi connectivity index (χ0v) is 21.0. The number of nitrogens with zero attached hydrogens (tertiary/aromatic N) is 5. The van der Waals surface area contributed by atoms with Gasteiger partial charge in [0.25, 0.3) is 5.91 Å². The Morgan fingerprint density at radius 2 is 2.03 bits per heavy atom. The number of nitrogens with one attached hydrogen (secondary N) is 1. The van der Waals surface area contributed by atoms with E-state index < -0.39 is 29.8 Å². The van der Waals surface area contributed by atoms with Gasteiger partial charge in [0.2, 0.25) is 5.91 Å². The van der Waals surface area contributed by atoms with Gasteiger partial charge in [-0.2, -0.15) is 5.10 Å². The summed E-state index contributed by atoms with van der Waals surface area (Å²) in [5.41, 5.74) is 7.36. The molecule has 36 heavy (non-hydrogen) atoms. The lowest BCUT2D eigenvalue weighted by Crippen LogP contribution is -2.70. The summed E-state index contributed by atoms with van der Waals surface area (Å²) in [6.45, 7) is 1.91. The lowest BCUT2D eigenvalue weighted by Gasteiger charge is -2.45. The van der Waals surface area contributed by atoms with Gasteiger partial charge in [-0.3, -0.25) is 24.1 Å². The van der Waals surface area contributed by atoms with E-state index in [1.54, 1.807) is 67.6 Å². The van der Waals surface area contributed by atoms with Crippen LogP contribution in [-0.2, 0) is 23.1 Å². The van der Waals surface area contributed by atoms with E-state index in [0.29, 0.717) is 23.1 Å². The molecule has 1 aliphatic heterocycles. The maximum atomic E-state index is 13.6. The molecule has 3 atom stereocenters. The molecule has 1 aliphatic rings. The van der Waals surface area contributed by atoms with Crippen molar-refractivity contribution in [2.24, 2.45) is 13.0 Å². The number of aromatic nitrogens is 3. The first kappa shape index (κ1) is 25.2. The number of carbonyl (C=O) groups excluding carboxylic acids is 3. The van der Waals surface area contributed by atoms with E-state index in [4.69, 9.17) is 17.3 Å². The Morgan fingerprint density at radius 1 is 1.25 bits per heavy atom. The standard InChI is InChI=1S/C25H28ClN7O3/c1-4-19(16-6-5-7-17(26)14-16)29-25(36)33-22(24(35)32(3)21-9-11-31(2)30-21)18(23(33)34)12-15-8-10-28-20(27)13-15/h5-11,13-14,18-19,22H,4,12H2,1-3H3,(H2,27,28)(H,29,36)/t18-,19?,22+/m1/s1. The predicted octanol–water partition coefficient (Wildman–Crippen LogP) is 2.94. The first-order valence-corrected chi connectivity index (χ1v) is 11.9. The molecule has 1 fully saturated rings. The molecule has 3 aromatic rings. The highest BCUT2D eigenvalue weighted by molar-refractivity contribution is 6.30. The Labute approximate surface area is 214 Å². The Kier molecular flexibility index (Phi) is 7.25. The van der Waals surface area contributed by atoms with Gasteiger partial charge in [0.05, 0.1) is 12.0 Å². The molecule has 1 unspecified atom stereocenters. The fraction of sp³-hybridized carbons (Fsp3) is 0.320. The third kappa shape index (κ3) is 5.03. The third-order valence-electron chi connectivity index (χ3n) is 6.32. The topological polar surface area (TPSA) is 126 Å². The average molecular weight is 510 g/mol. The minimum atomic E-state index is -1.00. The summed E-state index contributed by atoms with van der Waals surface area (Å²) in [7, 11) is 3.32. The van der Waals surface area contributed by atoms with Gasteiger partial charge in [-0.1, -0.05) is 30.7 Å². The number of amides is 4. The molecule has 0 spiro atoms. The van der Waals surface area contributed by atoms with Crippen LogP contribution in [0, 0.1) is 5.92 Å². The minimum Gasteiger partial charge on any atom is -0.384 e. The molecule has 3 heterocycles. The largest absolute Gasteiger partial charge is 0.384 e. The monoisotopic (exact) mass is 509 g/mol. The van der Waals surface area contributed by atoms with Gasteiger partial charge in [-0.25, -0.2) is 9.78 Å². The van der Waals surface area contributed by atoms with Crippen molar-refractivity contribution in [1.82, 2.24) is 25.0 Å². The third-order valence-corrected chi connectivity index (χ3v) is 6.55. The molecule has 0 bridgehead atoms. The normalized spacial score (nSPS) is 17.9. The number of rotatable bonds is 7. The highest BCUT2D eigenvalue weighted by Crippen LogP contribution is 2.33. The molecule has 0 aliphatic carbocycles. The number of likely N-dealkylation sites (tertiary alicyclic amines) is 1. The fourth-order valence-electron chi connectivity index (χ4n) is 4.39. The molecule has 1 saturated heterocycles. The van der Waals surface area contributed by atoms with Gasteiger partial charge in [-0.15, -0.1) is 0 Å².